The Morgan fingerprint density at radius 1 is 0.591 bits per heavy atom. The molecule has 2 heterocycles. The van der Waals surface area contributed by atoms with Gasteiger partial charge in [0.25, 0.3) is 0 Å². The van der Waals surface area contributed by atoms with E-state index in [9.17, 15) is 0 Å². The van der Waals surface area contributed by atoms with E-state index in [2.05, 4.69) is 109 Å². The largest absolute Gasteiger partial charge is 0.390 e. The summed E-state index contributed by atoms with van der Waals surface area (Å²) in [5.74, 6) is 2.08. The van der Waals surface area contributed by atoms with Crippen LogP contribution in [0.15, 0.2) is 97.6 Å². The van der Waals surface area contributed by atoms with E-state index in [0.29, 0.717) is 13.1 Å². The average molecular weight is 629 g/mol. The first-order chi connectivity index (χ1) is 21.5. The lowest BCUT2D eigenvalue weighted by Crippen LogP contribution is -2.34. The third-order valence-corrected chi connectivity index (χ3v) is 9.52. The minimum absolute atomic E-state index is 0.147. The first-order valence-electron chi connectivity index (χ1n) is 15.0. The molecule has 2 aromatic heterocycles. The third kappa shape index (κ3) is 11.2. The molecule has 0 aliphatic carbocycles. The van der Waals surface area contributed by atoms with Crippen molar-refractivity contribution in [3.8, 4) is 0 Å². The van der Waals surface area contributed by atoms with Crippen LogP contribution in [0.1, 0.15) is 36.1 Å². The van der Waals surface area contributed by atoms with Gasteiger partial charge < -0.3 is 20.8 Å². The number of pyridine rings is 2. The molecule has 4 rings (SSSR count). The molecule has 0 spiro atoms. The van der Waals surface area contributed by atoms with Crippen molar-refractivity contribution in [2.45, 2.75) is 26.9 Å². The molecule has 0 unspecified atom stereocenters. The predicted octanol–water partition coefficient (Wildman–Crippen LogP) is 6.27. The number of anilines is 2. The highest BCUT2D eigenvalue weighted by molar-refractivity contribution is 8.76. The molecule has 0 atom stereocenters. The number of hydrogen-bond acceptors (Lipinski definition) is 6. The Labute approximate surface area is 270 Å². The van der Waals surface area contributed by atoms with E-state index in [0.717, 1.165) is 36.0 Å². The van der Waals surface area contributed by atoms with Crippen molar-refractivity contribution in [3.05, 3.63) is 120 Å². The maximum absolute atomic E-state index is 9.08. The maximum Gasteiger partial charge on any atom is 0.171 e. The molecule has 0 amide bonds. The maximum atomic E-state index is 9.08. The van der Waals surface area contributed by atoms with Crippen LogP contribution >= 0.6 is 21.6 Å². The fourth-order valence-corrected chi connectivity index (χ4v) is 6.44. The number of allylic oxidation sites excluding steroid dienone is 2. The topological polar surface area (TPSA) is 72.3 Å². The predicted molar refractivity (Wildman–Crippen MR) is 189 cm³/mol. The Kier molecular flexibility index (Phi) is 13.9. The summed E-state index contributed by atoms with van der Waals surface area (Å²) in [5, 5.41) is 25.2. The van der Waals surface area contributed by atoms with Crippen LogP contribution in [0.3, 0.4) is 0 Å². The zero-order chi connectivity index (χ0) is 31.0. The van der Waals surface area contributed by atoms with Gasteiger partial charge in [-0.15, -0.1) is 0 Å². The van der Waals surface area contributed by atoms with E-state index in [1.165, 1.54) is 33.4 Å². The lowest BCUT2D eigenvalue weighted by atomic mass is 10.1. The number of aliphatic hydroxyl groups excluding tert-OH is 2. The summed E-state index contributed by atoms with van der Waals surface area (Å²) >= 11 is 0. The molecule has 230 valence electrons. The van der Waals surface area contributed by atoms with Gasteiger partial charge in [0, 0.05) is 60.2 Å². The third-order valence-electron chi connectivity index (χ3n) is 7.11. The number of aliphatic hydroxyl groups is 2. The summed E-state index contributed by atoms with van der Waals surface area (Å²) in [6.45, 7) is 7.63. The minimum Gasteiger partial charge on any atom is -0.390 e. The average Bonchev–Trinajstić information content (AvgIpc) is 3.05. The highest BCUT2D eigenvalue weighted by Gasteiger charge is 2.04. The lowest BCUT2D eigenvalue weighted by Gasteiger charge is -2.08. The highest BCUT2D eigenvalue weighted by atomic mass is 33.1. The molecule has 8 heteroatoms. The molecule has 44 heavy (non-hydrogen) atoms. The van der Waals surface area contributed by atoms with Gasteiger partial charge in [-0.25, -0.2) is 9.13 Å². The van der Waals surface area contributed by atoms with Crippen LogP contribution < -0.4 is 19.8 Å². The van der Waals surface area contributed by atoms with E-state index in [1.54, 1.807) is 0 Å². The van der Waals surface area contributed by atoms with Crippen molar-refractivity contribution in [1.82, 2.24) is 0 Å². The zero-order valence-corrected chi connectivity index (χ0v) is 27.3. The molecule has 0 saturated heterocycles. The second-order valence-corrected chi connectivity index (χ2v) is 13.2. The minimum atomic E-state index is 0.147. The van der Waals surface area contributed by atoms with Crippen LogP contribution in [-0.4, -0.2) is 48.0 Å². The number of rotatable bonds is 17. The van der Waals surface area contributed by atoms with Crippen LogP contribution in [0.5, 0.6) is 0 Å². The number of aromatic nitrogens is 2. The monoisotopic (exact) mass is 628 g/mol. The van der Waals surface area contributed by atoms with E-state index in [1.807, 2.05) is 55.5 Å². The zero-order valence-electron chi connectivity index (χ0n) is 25.7. The van der Waals surface area contributed by atoms with Gasteiger partial charge in [-0.05, 0) is 71.5 Å². The normalized spacial score (nSPS) is 11.9. The molecule has 0 bridgehead atoms. The molecular weight excluding hydrogens is 585 g/mol. The van der Waals surface area contributed by atoms with Gasteiger partial charge in [-0.1, -0.05) is 58.0 Å². The highest BCUT2D eigenvalue weighted by Crippen LogP contribution is 2.22. The number of hydrogen-bond donors (Lipinski definition) is 4. The molecule has 4 N–H and O–H groups in total. The van der Waals surface area contributed by atoms with Gasteiger partial charge in [0.2, 0.25) is 0 Å². The van der Waals surface area contributed by atoms with E-state index in [-0.39, 0.29) is 13.2 Å². The second-order valence-electron chi connectivity index (χ2n) is 10.5. The fraction of sp³-hybridized carbons (Fsp3) is 0.278. The summed E-state index contributed by atoms with van der Waals surface area (Å²) in [7, 11) is 3.80. The van der Waals surface area contributed by atoms with Gasteiger partial charge in [0.05, 0.1) is 0 Å². The van der Waals surface area contributed by atoms with Gasteiger partial charge in [0.1, 0.15) is 13.2 Å². The van der Waals surface area contributed by atoms with Crippen LogP contribution in [0.25, 0.3) is 23.3 Å². The molecular formula is C36H44N4O2S2+2. The Morgan fingerprint density at radius 2 is 0.955 bits per heavy atom. The molecule has 0 aliphatic rings. The van der Waals surface area contributed by atoms with Crippen LogP contribution in [0.2, 0.25) is 0 Å². The molecule has 2 aromatic carbocycles. The van der Waals surface area contributed by atoms with E-state index >= 15 is 0 Å². The van der Waals surface area contributed by atoms with Crippen molar-refractivity contribution >= 4 is 56.3 Å². The first kappa shape index (κ1) is 33.3. The van der Waals surface area contributed by atoms with Gasteiger partial charge >= 0.3 is 0 Å². The quantitative estimate of drug-likeness (QED) is 0.0628. The van der Waals surface area contributed by atoms with Crippen molar-refractivity contribution in [1.29, 1.82) is 0 Å². The Morgan fingerprint density at radius 3 is 1.30 bits per heavy atom. The van der Waals surface area contributed by atoms with Crippen LogP contribution in [-0.2, 0) is 13.1 Å². The lowest BCUT2D eigenvalue weighted by molar-refractivity contribution is -0.698. The smallest absolute Gasteiger partial charge is 0.171 e. The van der Waals surface area contributed by atoms with Gasteiger partial charge in [0.15, 0.2) is 37.9 Å². The SMILES string of the molecule is C/C(=C\c1ccc(NCCSSCCNc2ccc(/C=C(\C)c3cc[n+](CCO)cc3)cc2)cc1)c1cc[n+](CCO)cc1. The van der Waals surface area contributed by atoms with Crippen LogP contribution in [0.4, 0.5) is 11.4 Å². The molecule has 0 radical (unpaired) electrons. The van der Waals surface area contributed by atoms with Crippen LogP contribution in [0, 0.1) is 0 Å². The fourth-order valence-electron chi connectivity index (χ4n) is 4.62. The standard InChI is InChI=1S/C36H42N4O2S2/c1-29(33-11-17-39(18-12-33)21-23-41)27-31-3-7-35(8-4-31)37-15-25-43-44-26-16-38-36-9-5-32(6-10-36)28-30(2)34-13-19-40(20-14-34)22-24-42/h3-14,17-20,27-28,41-42H,15-16,21-26H2,1-2H3/p+2. The Hall–Kier alpha value is -3.56. The summed E-state index contributed by atoms with van der Waals surface area (Å²) in [6.07, 6.45) is 12.4. The van der Waals surface area contributed by atoms with Crippen molar-refractivity contribution in [2.24, 2.45) is 0 Å². The molecule has 6 nitrogen and oxygen atoms in total. The van der Waals surface area contributed by atoms with Gasteiger partial charge in [-0.2, -0.15) is 0 Å². The van der Waals surface area contributed by atoms with Crippen molar-refractivity contribution in [3.63, 3.8) is 0 Å². The summed E-state index contributed by atoms with van der Waals surface area (Å²) < 4.78 is 3.96. The summed E-state index contributed by atoms with van der Waals surface area (Å²) in [4.78, 5) is 0. The molecule has 0 fully saturated rings. The number of benzene rings is 2. The van der Waals surface area contributed by atoms with E-state index in [4.69, 9.17) is 10.2 Å². The van der Waals surface area contributed by atoms with Gasteiger partial charge in [-0.3, -0.25) is 0 Å². The Bertz CT molecular complexity index is 1360. The molecule has 0 saturated carbocycles. The first-order valence-corrected chi connectivity index (χ1v) is 17.5. The summed E-state index contributed by atoms with van der Waals surface area (Å²) in [5.41, 5.74) is 9.42. The number of nitrogens with one attached hydrogen (secondary N) is 2. The van der Waals surface area contributed by atoms with Crippen molar-refractivity contribution in [2.75, 3.05) is 48.4 Å². The summed E-state index contributed by atoms with van der Waals surface area (Å²) in [6, 6.07) is 25.5. The molecule has 0 aliphatic heterocycles. The Balaban J connectivity index is 1.09. The van der Waals surface area contributed by atoms with Crippen molar-refractivity contribution < 1.29 is 19.3 Å². The second kappa shape index (κ2) is 18.3. The van der Waals surface area contributed by atoms with E-state index < -0.39 is 0 Å². The number of nitrogens with zero attached hydrogens (tertiary/aromatic N) is 2. The molecule has 4 aromatic rings.